The van der Waals surface area contributed by atoms with E-state index in [1.807, 2.05) is 0 Å². The number of anilines is 1. The van der Waals surface area contributed by atoms with E-state index in [9.17, 15) is 48.7 Å². The number of ether oxygens (including phenoxy) is 2. The van der Waals surface area contributed by atoms with E-state index in [1.165, 1.54) is 37.4 Å². The van der Waals surface area contributed by atoms with Gasteiger partial charge in [-0.3, -0.25) is 4.79 Å². The van der Waals surface area contributed by atoms with Gasteiger partial charge in [-0.15, -0.1) is 0 Å². The molecule has 0 aromatic heterocycles. The Balaban J connectivity index is 2.03. The van der Waals surface area contributed by atoms with Crippen molar-refractivity contribution in [1.82, 2.24) is 0 Å². The van der Waals surface area contributed by atoms with Crippen LogP contribution in [0.5, 0.6) is 11.5 Å². The fraction of sp³-hybridized carbons (Fsp3) is 0.269. The largest absolute Gasteiger partial charge is 0.494 e. The third kappa shape index (κ3) is 6.75. The standard InChI is InChI=1S/C26H19BrF10N2O3/c1-41-21-15(3-2-4-19(21)39-22(40)12-5-7-14(28)8-6-12)18(38)11-16-17(27)9-13(10-20(16)42-23(29)30)24(31,25(32,33)34)26(35,36)37/h2-10,18,23H,11,38H2,1H3,(H,39,40). The van der Waals surface area contributed by atoms with Crippen LogP contribution >= 0.6 is 15.9 Å². The average molecular weight is 677 g/mol. The first-order chi connectivity index (χ1) is 19.4. The SMILES string of the molecule is COc1c(NC(=O)c2ccc(F)cc2)cccc1C(N)Cc1c(Br)cc(C(F)(C(F)(F)F)C(F)(F)F)cc1OC(F)F. The van der Waals surface area contributed by atoms with E-state index in [-0.39, 0.29) is 34.7 Å². The lowest BCUT2D eigenvalue weighted by Gasteiger charge is -2.31. The summed E-state index contributed by atoms with van der Waals surface area (Å²) in [4.78, 5) is 12.6. The van der Waals surface area contributed by atoms with Gasteiger partial charge >= 0.3 is 24.6 Å². The number of rotatable bonds is 9. The number of nitrogens with one attached hydrogen (secondary N) is 1. The molecule has 0 aliphatic heterocycles. The molecule has 5 nitrogen and oxygen atoms in total. The summed E-state index contributed by atoms with van der Waals surface area (Å²) < 4.78 is 143. The van der Waals surface area contributed by atoms with Gasteiger partial charge in [0.05, 0.1) is 12.8 Å². The van der Waals surface area contributed by atoms with Gasteiger partial charge in [0.1, 0.15) is 17.3 Å². The molecule has 42 heavy (non-hydrogen) atoms. The Bertz CT molecular complexity index is 1420. The minimum Gasteiger partial charge on any atom is -0.494 e. The molecule has 1 amide bonds. The van der Waals surface area contributed by atoms with Crippen molar-refractivity contribution < 1.29 is 58.2 Å². The van der Waals surface area contributed by atoms with Gasteiger partial charge in [-0.1, -0.05) is 28.1 Å². The lowest BCUT2D eigenvalue weighted by atomic mass is 9.91. The predicted molar refractivity (Wildman–Crippen MR) is 134 cm³/mol. The quantitative estimate of drug-likeness (QED) is 0.226. The minimum atomic E-state index is -6.50. The monoisotopic (exact) mass is 676 g/mol. The maximum absolute atomic E-state index is 14.7. The Kier molecular flexibility index (Phi) is 9.71. The van der Waals surface area contributed by atoms with Gasteiger partial charge in [-0.2, -0.15) is 35.1 Å². The third-order valence-corrected chi connectivity index (χ3v) is 6.68. The van der Waals surface area contributed by atoms with E-state index < -0.39 is 70.2 Å². The Hall–Kier alpha value is -3.53. The molecule has 1 atom stereocenters. The summed E-state index contributed by atoms with van der Waals surface area (Å²) in [6.45, 7) is -3.72. The van der Waals surface area contributed by atoms with Crippen molar-refractivity contribution in [3.63, 3.8) is 0 Å². The van der Waals surface area contributed by atoms with Gasteiger partial charge < -0.3 is 20.5 Å². The molecule has 0 saturated carbocycles. The summed E-state index contributed by atoms with van der Waals surface area (Å²) in [6.07, 6.45) is -13.6. The van der Waals surface area contributed by atoms with Crippen molar-refractivity contribution in [2.45, 2.75) is 37.1 Å². The molecule has 0 fully saturated rings. The first-order valence-corrected chi connectivity index (χ1v) is 12.3. The molecule has 0 spiro atoms. The molecule has 3 rings (SSSR count). The number of nitrogens with two attached hydrogens (primary N) is 1. The maximum atomic E-state index is 14.7. The number of halogens is 11. The van der Waals surface area contributed by atoms with Gasteiger partial charge in [0.2, 0.25) is 0 Å². The van der Waals surface area contributed by atoms with E-state index in [1.54, 1.807) is 0 Å². The van der Waals surface area contributed by atoms with Crippen molar-refractivity contribution in [3.05, 3.63) is 87.1 Å². The first kappa shape index (κ1) is 33.0. The van der Waals surface area contributed by atoms with Crippen LogP contribution in [0.3, 0.4) is 0 Å². The third-order valence-electron chi connectivity index (χ3n) is 5.98. The molecule has 0 aliphatic rings. The van der Waals surface area contributed by atoms with Gasteiger partial charge in [0, 0.05) is 32.8 Å². The van der Waals surface area contributed by atoms with Crippen molar-refractivity contribution in [2.24, 2.45) is 5.73 Å². The maximum Gasteiger partial charge on any atom is 0.435 e. The summed E-state index contributed by atoms with van der Waals surface area (Å²) in [7, 11) is 1.20. The highest BCUT2D eigenvalue weighted by Gasteiger charge is 2.73. The molecule has 3 aromatic carbocycles. The zero-order chi connectivity index (χ0) is 31.6. The van der Waals surface area contributed by atoms with E-state index in [2.05, 4.69) is 26.0 Å². The number of amides is 1. The zero-order valence-corrected chi connectivity index (χ0v) is 22.6. The van der Waals surface area contributed by atoms with E-state index in [0.717, 1.165) is 12.1 Å². The summed E-state index contributed by atoms with van der Waals surface area (Å²) in [6, 6.07) is 7.53. The van der Waals surface area contributed by atoms with E-state index >= 15 is 0 Å². The second-order valence-corrected chi connectivity index (χ2v) is 9.52. The number of carbonyl (C=O) groups is 1. The Morgan fingerprint density at radius 1 is 0.976 bits per heavy atom. The van der Waals surface area contributed by atoms with Crippen LogP contribution in [0, 0.1) is 5.82 Å². The van der Waals surface area contributed by atoms with Crippen LogP contribution in [0.25, 0.3) is 0 Å². The highest BCUT2D eigenvalue weighted by atomic mass is 79.9. The van der Waals surface area contributed by atoms with Crippen molar-refractivity contribution in [2.75, 3.05) is 12.4 Å². The number of hydrogen-bond donors (Lipinski definition) is 2. The van der Waals surface area contributed by atoms with Crippen LogP contribution in [-0.4, -0.2) is 32.0 Å². The number of alkyl halides is 9. The number of hydrogen-bond acceptors (Lipinski definition) is 4. The average Bonchev–Trinajstić information content (AvgIpc) is 2.88. The molecule has 16 heteroatoms. The lowest BCUT2D eigenvalue weighted by Crippen LogP contribution is -2.50. The lowest BCUT2D eigenvalue weighted by molar-refractivity contribution is -0.348. The van der Waals surface area contributed by atoms with Crippen LogP contribution in [-0.2, 0) is 12.1 Å². The topological polar surface area (TPSA) is 73.6 Å². The predicted octanol–water partition coefficient (Wildman–Crippen LogP) is 7.98. The van der Waals surface area contributed by atoms with Crippen LogP contribution in [0.15, 0.2) is 59.1 Å². The summed E-state index contributed by atoms with van der Waals surface area (Å²) in [5.74, 6) is -2.48. The normalized spacial score (nSPS) is 13.2. The molecule has 228 valence electrons. The molecular weight excluding hydrogens is 658 g/mol. The minimum absolute atomic E-state index is 0.0264. The van der Waals surface area contributed by atoms with Crippen molar-refractivity contribution in [3.8, 4) is 11.5 Å². The number of carbonyl (C=O) groups excluding carboxylic acids is 1. The molecule has 0 heterocycles. The first-order valence-electron chi connectivity index (χ1n) is 11.5. The summed E-state index contributed by atoms with van der Waals surface area (Å²) >= 11 is 2.73. The number of benzene rings is 3. The molecule has 3 N–H and O–H groups in total. The second kappa shape index (κ2) is 12.4. The van der Waals surface area contributed by atoms with Crippen LogP contribution in [0.2, 0.25) is 0 Å². The zero-order valence-electron chi connectivity index (χ0n) is 21.0. The van der Waals surface area contributed by atoms with E-state index in [0.29, 0.717) is 0 Å². The molecule has 0 saturated heterocycles. The molecular formula is C26H19BrF10N2O3. The number of para-hydroxylation sites is 1. The van der Waals surface area contributed by atoms with Gasteiger partial charge in [0.15, 0.2) is 0 Å². The molecule has 0 bridgehead atoms. The van der Waals surface area contributed by atoms with Gasteiger partial charge in [-0.25, -0.2) is 8.78 Å². The van der Waals surface area contributed by atoms with E-state index in [4.69, 9.17) is 10.5 Å². The molecule has 1 unspecified atom stereocenters. The summed E-state index contributed by atoms with van der Waals surface area (Å²) in [5, 5.41) is 2.53. The van der Waals surface area contributed by atoms with Crippen LogP contribution < -0.4 is 20.5 Å². The van der Waals surface area contributed by atoms with Crippen molar-refractivity contribution in [1.29, 1.82) is 0 Å². The Morgan fingerprint density at radius 2 is 1.57 bits per heavy atom. The summed E-state index contributed by atoms with van der Waals surface area (Å²) in [5.41, 5.74) is -1.88. The molecule has 0 aliphatic carbocycles. The Labute approximate surface area is 239 Å². The fourth-order valence-corrected chi connectivity index (χ4v) is 4.60. The highest BCUT2D eigenvalue weighted by molar-refractivity contribution is 9.10. The number of methoxy groups -OCH3 is 1. The van der Waals surface area contributed by atoms with Crippen LogP contribution in [0.1, 0.15) is 33.1 Å². The van der Waals surface area contributed by atoms with Crippen LogP contribution in [0.4, 0.5) is 49.6 Å². The van der Waals surface area contributed by atoms with Gasteiger partial charge in [-0.05, 0) is 48.9 Å². The van der Waals surface area contributed by atoms with Gasteiger partial charge in [0.25, 0.3) is 5.91 Å². The van der Waals surface area contributed by atoms with Crippen molar-refractivity contribution >= 4 is 27.5 Å². The highest BCUT2D eigenvalue weighted by Crippen LogP contribution is 2.54. The molecule has 0 radical (unpaired) electrons. The smallest absolute Gasteiger partial charge is 0.435 e. The Morgan fingerprint density at radius 3 is 2.10 bits per heavy atom. The fourth-order valence-electron chi connectivity index (χ4n) is 4.00. The second-order valence-electron chi connectivity index (χ2n) is 8.67. The molecule has 3 aromatic rings.